The van der Waals surface area contributed by atoms with Crippen LogP contribution < -0.4 is 24.8 Å². The fraction of sp³-hybridized carbons (Fsp3) is 0.269. The van der Waals surface area contributed by atoms with Crippen LogP contribution in [0.2, 0.25) is 0 Å². The van der Waals surface area contributed by atoms with Gasteiger partial charge in [0.2, 0.25) is 0 Å². The van der Waals surface area contributed by atoms with Crippen LogP contribution in [0.3, 0.4) is 0 Å². The molecule has 1 aromatic heterocycles. The second kappa shape index (κ2) is 11.3. The minimum atomic E-state index is -0.478. The smallest absolute Gasteiger partial charge is 0.273 e. The zero-order valence-corrected chi connectivity index (χ0v) is 19.9. The maximum Gasteiger partial charge on any atom is 0.273 e. The molecule has 0 radical (unpaired) electrons. The van der Waals surface area contributed by atoms with Gasteiger partial charge >= 0.3 is 0 Å². The number of nitrogens with one attached hydrogen (secondary N) is 1. The van der Waals surface area contributed by atoms with Crippen molar-refractivity contribution in [2.75, 3.05) is 13.2 Å². The number of carbonyl (C=O) groups excluding carboxylic acids is 1. The van der Waals surface area contributed by atoms with E-state index in [1.165, 1.54) is 4.57 Å². The number of aromatic nitrogens is 1. The minimum Gasteiger partial charge on any atom is -0.494 e. The van der Waals surface area contributed by atoms with E-state index in [4.69, 9.17) is 4.74 Å². The number of ether oxygens (including phenoxy) is 1. The van der Waals surface area contributed by atoms with Crippen molar-refractivity contribution in [3.8, 4) is 17.5 Å². The molecule has 3 aromatic rings. The zero-order chi connectivity index (χ0) is 23.8. The largest absolute Gasteiger partial charge is 0.494 e. The topological polar surface area (TPSA) is 84.1 Å². The number of rotatable bonds is 8. The molecular formula is C26H27N3O3S. The van der Waals surface area contributed by atoms with Crippen LogP contribution in [0.5, 0.6) is 5.75 Å². The Morgan fingerprint density at radius 2 is 1.97 bits per heavy atom. The fourth-order valence-corrected chi connectivity index (χ4v) is 4.42. The van der Waals surface area contributed by atoms with Crippen LogP contribution in [-0.4, -0.2) is 23.6 Å². The lowest BCUT2D eigenvalue weighted by Crippen LogP contribution is -2.34. The number of nitrogens with zero attached hydrogens (tertiary/aromatic N) is 2. The fourth-order valence-electron chi connectivity index (χ4n) is 3.32. The van der Waals surface area contributed by atoms with Crippen LogP contribution in [-0.2, 0) is 4.79 Å². The molecule has 7 heteroatoms. The van der Waals surface area contributed by atoms with Gasteiger partial charge in [-0.05, 0) is 56.2 Å². The number of hydrogen-bond acceptors (Lipinski definition) is 5. The first-order valence-electron chi connectivity index (χ1n) is 10.9. The summed E-state index contributed by atoms with van der Waals surface area (Å²) < 4.78 is 7.68. The maximum atomic E-state index is 13.4. The lowest BCUT2D eigenvalue weighted by molar-refractivity contribution is -0.115. The van der Waals surface area contributed by atoms with Crippen LogP contribution in [0, 0.1) is 18.3 Å². The van der Waals surface area contributed by atoms with E-state index < -0.39 is 5.91 Å². The van der Waals surface area contributed by atoms with Crippen LogP contribution >= 0.6 is 11.3 Å². The first-order chi connectivity index (χ1) is 16.0. The van der Waals surface area contributed by atoms with Gasteiger partial charge in [-0.1, -0.05) is 43.2 Å². The van der Waals surface area contributed by atoms with Gasteiger partial charge in [-0.15, -0.1) is 11.3 Å². The highest BCUT2D eigenvalue weighted by molar-refractivity contribution is 7.07. The summed E-state index contributed by atoms with van der Waals surface area (Å²) in [6, 6.07) is 16.9. The van der Waals surface area contributed by atoms with Crippen molar-refractivity contribution < 1.29 is 9.53 Å². The van der Waals surface area contributed by atoms with Gasteiger partial charge < -0.3 is 10.1 Å². The van der Waals surface area contributed by atoms with Crippen LogP contribution in [0.15, 0.2) is 53.3 Å². The van der Waals surface area contributed by atoms with Crippen LogP contribution in [0.25, 0.3) is 17.3 Å². The van der Waals surface area contributed by atoms with E-state index in [1.54, 1.807) is 30.3 Å². The number of aryl methyl sites for hydroxylation is 1. The second-order valence-corrected chi connectivity index (χ2v) is 8.52. The highest BCUT2D eigenvalue weighted by Gasteiger charge is 2.17. The van der Waals surface area contributed by atoms with Crippen molar-refractivity contribution in [1.29, 1.82) is 5.26 Å². The molecule has 0 atom stereocenters. The Balaban J connectivity index is 2.25. The van der Waals surface area contributed by atoms with E-state index in [-0.39, 0.29) is 11.1 Å². The second-order valence-electron chi connectivity index (χ2n) is 7.49. The maximum absolute atomic E-state index is 13.4. The summed E-state index contributed by atoms with van der Waals surface area (Å²) in [7, 11) is 0. The molecule has 0 saturated carbocycles. The molecule has 0 saturated heterocycles. The van der Waals surface area contributed by atoms with Gasteiger partial charge in [0, 0.05) is 6.54 Å². The highest BCUT2D eigenvalue weighted by Crippen LogP contribution is 2.14. The third kappa shape index (κ3) is 5.79. The van der Waals surface area contributed by atoms with Crippen molar-refractivity contribution in [3.05, 3.63) is 79.2 Å². The molecule has 1 amide bonds. The number of carbonyl (C=O) groups is 1. The third-order valence-electron chi connectivity index (χ3n) is 4.94. The van der Waals surface area contributed by atoms with Crippen molar-refractivity contribution in [2.45, 2.75) is 33.6 Å². The normalized spacial score (nSPS) is 12.2. The molecule has 3 rings (SSSR count). The number of nitriles is 1. The van der Waals surface area contributed by atoms with Gasteiger partial charge in [0.15, 0.2) is 5.57 Å². The van der Waals surface area contributed by atoms with Gasteiger partial charge in [-0.3, -0.25) is 14.2 Å². The molecule has 0 spiro atoms. The lowest BCUT2D eigenvalue weighted by atomic mass is 10.1. The summed E-state index contributed by atoms with van der Waals surface area (Å²) in [4.78, 5) is 26.2. The Hall–Kier alpha value is -3.63. The van der Waals surface area contributed by atoms with Gasteiger partial charge in [0.1, 0.15) is 16.5 Å². The summed E-state index contributed by atoms with van der Waals surface area (Å²) in [6.45, 7) is 6.91. The Labute approximate surface area is 197 Å². The molecule has 0 aliphatic rings. The summed E-state index contributed by atoms with van der Waals surface area (Å²) >= 11 is 1.14. The van der Waals surface area contributed by atoms with Gasteiger partial charge in [0.25, 0.3) is 11.5 Å². The molecular weight excluding hydrogens is 434 g/mol. The molecule has 6 nitrogen and oxygen atoms in total. The Morgan fingerprint density at radius 3 is 2.61 bits per heavy atom. The van der Waals surface area contributed by atoms with E-state index in [0.717, 1.165) is 35.3 Å². The summed E-state index contributed by atoms with van der Waals surface area (Å²) in [5, 5.41) is 12.6. The summed E-state index contributed by atoms with van der Waals surface area (Å²) in [5.41, 5.74) is 2.16. The first-order valence-corrected chi connectivity index (χ1v) is 11.8. The van der Waals surface area contributed by atoms with Gasteiger partial charge in [-0.25, -0.2) is 0 Å². The minimum absolute atomic E-state index is 0.0778. The average Bonchev–Trinajstić information content (AvgIpc) is 3.11. The Bertz CT molecular complexity index is 1350. The quantitative estimate of drug-likeness (QED) is 0.523. The van der Waals surface area contributed by atoms with Gasteiger partial charge in [0.05, 0.1) is 16.8 Å². The van der Waals surface area contributed by atoms with Crippen molar-refractivity contribution >= 4 is 28.9 Å². The zero-order valence-electron chi connectivity index (χ0n) is 19.1. The Kier molecular flexibility index (Phi) is 8.22. The predicted molar refractivity (Wildman–Crippen MR) is 132 cm³/mol. The molecule has 1 heterocycles. The number of hydrogen-bond donors (Lipinski definition) is 1. The number of amides is 1. The molecule has 0 fully saturated rings. The summed E-state index contributed by atoms with van der Waals surface area (Å²) in [5.74, 6) is 0.202. The molecule has 0 bridgehead atoms. The standard InChI is InChI=1S/C26H27N3O3S/c1-4-6-14-28-24(30)22(17-27)26-29(20-10-12-21(13-11-20)32-5-2)25(31)23(33-26)16-19-9-7-8-18(3)15-19/h7-13,15-16H,4-6,14H2,1-3H3,(H,28,30)/b23-16-,26-22-. The molecule has 0 aliphatic carbocycles. The van der Waals surface area contributed by atoms with E-state index in [0.29, 0.717) is 33.8 Å². The third-order valence-corrected chi connectivity index (χ3v) is 6.03. The molecule has 0 unspecified atom stereocenters. The number of unbranched alkanes of at least 4 members (excludes halogenated alkanes) is 1. The highest BCUT2D eigenvalue weighted by atomic mass is 32.1. The Morgan fingerprint density at radius 1 is 1.21 bits per heavy atom. The molecule has 1 N–H and O–H groups in total. The van der Waals surface area contributed by atoms with E-state index in [2.05, 4.69) is 5.32 Å². The SMILES string of the molecule is CCCCNC(=O)/C(C#N)=c1\s/c(=C\c2cccc(C)c2)c(=O)n1-c1ccc(OCC)cc1. The van der Waals surface area contributed by atoms with E-state index in [9.17, 15) is 14.9 Å². The molecule has 33 heavy (non-hydrogen) atoms. The number of benzene rings is 2. The van der Waals surface area contributed by atoms with E-state index >= 15 is 0 Å². The van der Waals surface area contributed by atoms with Crippen LogP contribution in [0.1, 0.15) is 37.8 Å². The lowest BCUT2D eigenvalue weighted by Gasteiger charge is -2.07. The van der Waals surface area contributed by atoms with Crippen LogP contribution in [0.4, 0.5) is 0 Å². The monoisotopic (exact) mass is 461 g/mol. The summed E-state index contributed by atoms with van der Waals surface area (Å²) in [6.07, 6.45) is 3.53. The van der Waals surface area contributed by atoms with Gasteiger partial charge in [-0.2, -0.15) is 5.26 Å². The van der Waals surface area contributed by atoms with Crippen molar-refractivity contribution in [2.24, 2.45) is 0 Å². The van der Waals surface area contributed by atoms with E-state index in [1.807, 2.05) is 51.1 Å². The van der Waals surface area contributed by atoms with Crippen molar-refractivity contribution in [3.63, 3.8) is 0 Å². The molecule has 170 valence electrons. The first kappa shape index (κ1) is 24.0. The average molecular weight is 462 g/mol. The molecule has 0 aliphatic heterocycles. The number of thiazole rings is 1. The predicted octanol–water partition coefficient (Wildman–Crippen LogP) is 3.03. The van der Waals surface area contributed by atoms with Crippen molar-refractivity contribution in [1.82, 2.24) is 9.88 Å². The molecule has 2 aromatic carbocycles.